The maximum atomic E-state index is 12.6. The monoisotopic (exact) mass is 324 g/mol. The maximum absolute atomic E-state index is 12.6. The van der Waals surface area contributed by atoms with Gasteiger partial charge in [0, 0.05) is 0 Å². The van der Waals surface area contributed by atoms with Crippen LogP contribution < -0.4 is 4.74 Å². The first-order valence-corrected chi connectivity index (χ1v) is 5.06. The summed E-state index contributed by atoms with van der Waals surface area (Å²) in [5.74, 6) is -0.0870. The Morgan fingerprint density at radius 2 is 2.33 bits per heavy atom. The van der Waals surface area contributed by atoms with Crippen molar-refractivity contribution in [3.63, 3.8) is 0 Å². The van der Waals surface area contributed by atoms with Gasteiger partial charge in [0.1, 0.15) is 3.70 Å². The molecule has 1 rings (SSSR count). The number of nitriles is 1. The van der Waals surface area contributed by atoms with Crippen molar-refractivity contribution in [2.75, 3.05) is 7.11 Å². The van der Waals surface area contributed by atoms with Gasteiger partial charge >= 0.3 is 0 Å². The van der Waals surface area contributed by atoms with Crippen LogP contribution in [0.15, 0.2) is 6.07 Å². The molecule has 0 aliphatic heterocycles. The highest BCUT2D eigenvalue weighted by atomic mass is 127. The molecule has 0 radical (unpaired) electrons. The van der Waals surface area contributed by atoms with Crippen molar-refractivity contribution in [1.82, 2.24) is 4.98 Å². The van der Waals surface area contributed by atoms with Crippen LogP contribution >= 0.6 is 22.6 Å². The number of halogens is 3. The van der Waals surface area contributed by atoms with E-state index in [9.17, 15) is 8.78 Å². The van der Waals surface area contributed by atoms with E-state index < -0.39 is 6.43 Å². The van der Waals surface area contributed by atoms with Crippen molar-refractivity contribution >= 4 is 22.6 Å². The van der Waals surface area contributed by atoms with Gasteiger partial charge in [0.15, 0.2) is 0 Å². The van der Waals surface area contributed by atoms with E-state index in [2.05, 4.69) is 4.98 Å². The number of alkyl halides is 2. The fraction of sp³-hybridized carbons (Fsp3) is 0.333. The number of aromatic nitrogens is 1. The van der Waals surface area contributed by atoms with E-state index in [0.717, 1.165) is 0 Å². The van der Waals surface area contributed by atoms with E-state index in [1.54, 1.807) is 0 Å². The number of pyridine rings is 1. The summed E-state index contributed by atoms with van der Waals surface area (Å²) in [5, 5.41) is 8.50. The zero-order valence-electron chi connectivity index (χ0n) is 7.80. The maximum Gasteiger partial charge on any atom is 0.269 e. The van der Waals surface area contributed by atoms with Gasteiger partial charge in [-0.25, -0.2) is 13.8 Å². The lowest BCUT2D eigenvalue weighted by molar-refractivity contribution is 0.146. The molecule has 0 bridgehead atoms. The van der Waals surface area contributed by atoms with Gasteiger partial charge in [0.25, 0.3) is 6.43 Å². The van der Waals surface area contributed by atoms with Crippen LogP contribution in [0.25, 0.3) is 0 Å². The summed E-state index contributed by atoms with van der Waals surface area (Å²) < 4.78 is 30.4. The molecule has 0 amide bonds. The topological polar surface area (TPSA) is 45.9 Å². The average Bonchev–Trinajstić information content (AvgIpc) is 2.20. The lowest BCUT2D eigenvalue weighted by Crippen LogP contribution is -2.01. The quantitative estimate of drug-likeness (QED) is 0.634. The van der Waals surface area contributed by atoms with Crippen molar-refractivity contribution in [1.29, 1.82) is 5.26 Å². The summed E-state index contributed by atoms with van der Waals surface area (Å²) in [7, 11) is 1.29. The third-order valence-electron chi connectivity index (χ3n) is 1.74. The zero-order chi connectivity index (χ0) is 11.4. The lowest BCUT2D eigenvalue weighted by atomic mass is 10.1. The van der Waals surface area contributed by atoms with E-state index in [0.29, 0.717) is 9.26 Å². The second-order valence-electron chi connectivity index (χ2n) is 2.67. The molecule has 0 unspecified atom stereocenters. The normalized spacial score (nSPS) is 10.1. The molecule has 0 aromatic carbocycles. The smallest absolute Gasteiger partial charge is 0.269 e. The molecular formula is C9H7F2IN2O. The van der Waals surface area contributed by atoms with Crippen LogP contribution in [0.5, 0.6) is 5.88 Å². The first-order valence-electron chi connectivity index (χ1n) is 3.98. The number of rotatable bonds is 3. The molecule has 3 nitrogen and oxygen atoms in total. The standard InChI is InChI=1S/C9H7F2IN2O/c1-15-9-6(7(10)11)4-5(2-3-13)8(12)14-9/h4,7H,2H2,1H3. The fourth-order valence-corrected chi connectivity index (χ4v) is 1.63. The summed E-state index contributed by atoms with van der Waals surface area (Å²) in [6.07, 6.45) is -2.59. The molecule has 0 N–H and O–H groups in total. The zero-order valence-corrected chi connectivity index (χ0v) is 9.96. The molecular weight excluding hydrogens is 317 g/mol. The minimum atomic E-state index is -2.65. The van der Waals surface area contributed by atoms with Crippen LogP contribution in [0.2, 0.25) is 0 Å². The minimum Gasteiger partial charge on any atom is -0.481 e. The van der Waals surface area contributed by atoms with Crippen molar-refractivity contribution in [2.45, 2.75) is 12.8 Å². The highest BCUT2D eigenvalue weighted by Gasteiger charge is 2.18. The van der Waals surface area contributed by atoms with Crippen molar-refractivity contribution < 1.29 is 13.5 Å². The molecule has 1 aromatic rings. The molecule has 0 saturated heterocycles. The molecule has 0 saturated carbocycles. The Morgan fingerprint density at radius 1 is 1.67 bits per heavy atom. The van der Waals surface area contributed by atoms with Gasteiger partial charge in [0.05, 0.1) is 25.2 Å². The van der Waals surface area contributed by atoms with Crippen LogP contribution in [-0.2, 0) is 6.42 Å². The van der Waals surface area contributed by atoms with Crippen LogP contribution in [-0.4, -0.2) is 12.1 Å². The number of methoxy groups -OCH3 is 1. The van der Waals surface area contributed by atoms with Crippen LogP contribution in [0.3, 0.4) is 0 Å². The predicted octanol–water partition coefficient (Wildman–Crippen LogP) is 2.70. The van der Waals surface area contributed by atoms with E-state index in [1.165, 1.54) is 13.2 Å². The van der Waals surface area contributed by atoms with E-state index >= 15 is 0 Å². The first kappa shape index (κ1) is 12.1. The van der Waals surface area contributed by atoms with Crippen molar-refractivity contribution in [3.05, 3.63) is 20.9 Å². The summed E-state index contributed by atoms with van der Waals surface area (Å²) in [6.45, 7) is 0. The number of hydrogen-bond acceptors (Lipinski definition) is 3. The van der Waals surface area contributed by atoms with E-state index in [4.69, 9.17) is 10.00 Å². The van der Waals surface area contributed by atoms with Gasteiger partial charge in [-0.05, 0) is 34.2 Å². The predicted molar refractivity (Wildman–Crippen MR) is 57.8 cm³/mol. The fourth-order valence-electron chi connectivity index (χ4n) is 1.06. The highest BCUT2D eigenvalue weighted by Crippen LogP contribution is 2.29. The van der Waals surface area contributed by atoms with Crippen molar-refractivity contribution in [2.24, 2.45) is 0 Å². The van der Waals surface area contributed by atoms with Crippen molar-refractivity contribution in [3.8, 4) is 11.9 Å². The second-order valence-corrected chi connectivity index (χ2v) is 3.69. The van der Waals surface area contributed by atoms with E-state index in [-0.39, 0.29) is 17.9 Å². The Balaban J connectivity index is 3.25. The third kappa shape index (κ3) is 2.75. The molecule has 80 valence electrons. The van der Waals surface area contributed by atoms with Crippen LogP contribution in [0.1, 0.15) is 17.6 Å². The molecule has 15 heavy (non-hydrogen) atoms. The van der Waals surface area contributed by atoms with Gasteiger partial charge in [-0.15, -0.1) is 0 Å². The first-order chi connectivity index (χ1) is 7.10. The molecule has 0 aliphatic rings. The molecule has 0 fully saturated rings. The number of nitrogens with zero attached hydrogens (tertiary/aromatic N) is 2. The Bertz CT molecular complexity index is 404. The summed E-state index contributed by atoms with van der Waals surface area (Å²) in [6, 6.07) is 3.16. The molecule has 0 aliphatic carbocycles. The van der Waals surface area contributed by atoms with Gasteiger partial charge < -0.3 is 4.74 Å². The Morgan fingerprint density at radius 3 is 2.80 bits per heavy atom. The average molecular weight is 324 g/mol. The molecule has 1 heterocycles. The third-order valence-corrected chi connectivity index (χ3v) is 2.67. The number of hydrogen-bond donors (Lipinski definition) is 0. The van der Waals surface area contributed by atoms with Gasteiger partial charge in [-0.1, -0.05) is 0 Å². The number of ether oxygens (including phenoxy) is 1. The highest BCUT2D eigenvalue weighted by molar-refractivity contribution is 14.1. The van der Waals surface area contributed by atoms with Crippen LogP contribution in [0, 0.1) is 15.0 Å². The van der Waals surface area contributed by atoms with E-state index in [1.807, 2.05) is 28.7 Å². The Labute approximate surface area is 99.2 Å². The summed E-state index contributed by atoms with van der Waals surface area (Å²) >= 11 is 1.89. The minimum absolute atomic E-state index is 0.0645. The Kier molecular flexibility index (Phi) is 4.20. The molecule has 6 heteroatoms. The van der Waals surface area contributed by atoms with Gasteiger partial charge in [-0.3, -0.25) is 0 Å². The largest absolute Gasteiger partial charge is 0.481 e. The second kappa shape index (κ2) is 5.21. The lowest BCUT2D eigenvalue weighted by Gasteiger charge is -2.09. The SMILES string of the molecule is COc1nc(I)c(CC#N)cc1C(F)F. The molecule has 0 spiro atoms. The van der Waals surface area contributed by atoms with Gasteiger partial charge in [0.2, 0.25) is 5.88 Å². The molecule has 0 atom stereocenters. The van der Waals surface area contributed by atoms with Crippen LogP contribution in [0.4, 0.5) is 8.78 Å². The summed E-state index contributed by atoms with van der Waals surface area (Å²) in [4.78, 5) is 3.86. The Hall–Kier alpha value is -0.970. The van der Waals surface area contributed by atoms with Gasteiger partial charge in [-0.2, -0.15) is 5.26 Å². The molecule has 1 aromatic heterocycles. The summed E-state index contributed by atoms with van der Waals surface area (Å²) in [5.41, 5.74) is 0.220.